The maximum absolute atomic E-state index is 13.0. The molecule has 1 aliphatic rings. The normalized spacial score (nSPS) is 13.3. The minimum Gasteiger partial charge on any atom is -0.462 e. The van der Waals surface area contributed by atoms with E-state index in [4.69, 9.17) is 9.15 Å². The molecule has 2 amide bonds. The van der Waals surface area contributed by atoms with Gasteiger partial charge in [0.2, 0.25) is 5.91 Å². The van der Waals surface area contributed by atoms with E-state index in [2.05, 4.69) is 10.2 Å². The van der Waals surface area contributed by atoms with E-state index in [0.29, 0.717) is 54.5 Å². The van der Waals surface area contributed by atoms with Crippen LogP contribution in [0.15, 0.2) is 101 Å². The summed E-state index contributed by atoms with van der Waals surface area (Å²) in [7, 11) is 0. The van der Waals surface area contributed by atoms with E-state index in [1.54, 1.807) is 37.3 Å². The zero-order valence-electron chi connectivity index (χ0n) is 22.8. The Bertz CT molecular complexity index is 1540. The standard InChI is InChI=1S/C33H31N3O5/c1-2-40-33(39)26-13-16-29(35-19-21-36(22-20-35)32(38)25-11-7-4-8-12-25)28(23-26)34-31(37)18-15-27-14-17-30(41-27)24-9-5-3-6-10-24/h3-18,23H,2,19-22H2,1H3,(H,34,37)/b18-15+. The van der Waals surface area contributed by atoms with Crippen LogP contribution in [0.2, 0.25) is 0 Å². The predicted molar refractivity (Wildman–Crippen MR) is 159 cm³/mol. The van der Waals surface area contributed by atoms with Crippen LogP contribution in [0.3, 0.4) is 0 Å². The Hall–Kier alpha value is -5.11. The minimum atomic E-state index is -0.465. The van der Waals surface area contributed by atoms with Gasteiger partial charge in [-0.05, 0) is 55.5 Å². The number of carbonyl (C=O) groups excluding carboxylic acids is 3. The Labute approximate surface area is 238 Å². The van der Waals surface area contributed by atoms with Gasteiger partial charge in [-0.15, -0.1) is 0 Å². The number of furan rings is 1. The lowest BCUT2D eigenvalue weighted by Crippen LogP contribution is -2.49. The lowest BCUT2D eigenvalue weighted by atomic mass is 10.1. The number of nitrogens with one attached hydrogen (secondary N) is 1. The Balaban J connectivity index is 1.30. The largest absolute Gasteiger partial charge is 0.462 e. The highest BCUT2D eigenvalue weighted by atomic mass is 16.5. The van der Waals surface area contributed by atoms with Crippen LogP contribution in [0.1, 0.15) is 33.4 Å². The van der Waals surface area contributed by atoms with Gasteiger partial charge in [0.15, 0.2) is 0 Å². The lowest BCUT2D eigenvalue weighted by Gasteiger charge is -2.37. The molecule has 2 heterocycles. The molecule has 1 fully saturated rings. The van der Waals surface area contributed by atoms with Crippen molar-refractivity contribution >= 4 is 35.2 Å². The van der Waals surface area contributed by atoms with Gasteiger partial charge in [-0.3, -0.25) is 9.59 Å². The molecule has 0 radical (unpaired) electrons. The summed E-state index contributed by atoms with van der Waals surface area (Å²) in [4.78, 5) is 42.2. The summed E-state index contributed by atoms with van der Waals surface area (Å²) >= 11 is 0. The predicted octanol–water partition coefficient (Wildman–Crippen LogP) is 5.74. The average Bonchev–Trinajstić information content (AvgIpc) is 3.50. The summed E-state index contributed by atoms with van der Waals surface area (Å²) in [6.45, 7) is 4.20. The Morgan fingerprint density at radius 1 is 0.854 bits per heavy atom. The molecule has 41 heavy (non-hydrogen) atoms. The van der Waals surface area contributed by atoms with E-state index in [0.717, 1.165) is 11.3 Å². The van der Waals surface area contributed by atoms with Gasteiger partial charge in [-0.1, -0.05) is 48.5 Å². The molecule has 0 aliphatic carbocycles. The average molecular weight is 550 g/mol. The van der Waals surface area contributed by atoms with Crippen LogP contribution < -0.4 is 10.2 Å². The molecule has 0 bridgehead atoms. The number of nitrogens with zero attached hydrogens (tertiary/aromatic N) is 2. The fourth-order valence-electron chi connectivity index (χ4n) is 4.70. The topological polar surface area (TPSA) is 92.1 Å². The van der Waals surface area contributed by atoms with E-state index in [1.807, 2.05) is 71.6 Å². The van der Waals surface area contributed by atoms with Crippen molar-refractivity contribution in [2.75, 3.05) is 43.0 Å². The highest BCUT2D eigenvalue weighted by Gasteiger charge is 2.24. The van der Waals surface area contributed by atoms with Gasteiger partial charge in [-0.25, -0.2) is 4.79 Å². The molecule has 5 rings (SSSR count). The van der Waals surface area contributed by atoms with Crippen molar-refractivity contribution < 1.29 is 23.5 Å². The van der Waals surface area contributed by atoms with Crippen LogP contribution in [-0.4, -0.2) is 55.5 Å². The number of carbonyl (C=O) groups is 3. The first-order chi connectivity index (χ1) is 20.0. The quantitative estimate of drug-likeness (QED) is 0.223. The fourth-order valence-corrected chi connectivity index (χ4v) is 4.70. The number of hydrogen-bond donors (Lipinski definition) is 1. The number of esters is 1. The second-order valence-corrected chi connectivity index (χ2v) is 9.49. The molecular formula is C33H31N3O5. The van der Waals surface area contributed by atoms with Crippen molar-refractivity contribution in [1.29, 1.82) is 0 Å². The molecule has 208 valence electrons. The van der Waals surface area contributed by atoms with Gasteiger partial charge in [0.1, 0.15) is 11.5 Å². The number of benzene rings is 3. The summed E-state index contributed by atoms with van der Waals surface area (Å²) in [6.07, 6.45) is 3.00. The van der Waals surface area contributed by atoms with Crippen molar-refractivity contribution in [1.82, 2.24) is 4.90 Å². The molecule has 1 N–H and O–H groups in total. The summed E-state index contributed by atoms with van der Waals surface area (Å²) in [6, 6.07) is 27.7. The van der Waals surface area contributed by atoms with Gasteiger partial charge < -0.3 is 24.3 Å². The third-order valence-electron chi connectivity index (χ3n) is 6.78. The summed E-state index contributed by atoms with van der Waals surface area (Å²) < 4.78 is 11.0. The third kappa shape index (κ3) is 6.73. The molecule has 0 atom stereocenters. The molecule has 8 nitrogen and oxygen atoms in total. The number of anilines is 2. The maximum atomic E-state index is 13.0. The molecule has 0 spiro atoms. The fraction of sp³-hybridized carbons (Fsp3) is 0.182. The number of amides is 2. The summed E-state index contributed by atoms with van der Waals surface area (Å²) in [5.74, 6) is 0.406. The zero-order chi connectivity index (χ0) is 28.6. The van der Waals surface area contributed by atoms with Crippen molar-refractivity contribution in [3.8, 4) is 11.3 Å². The summed E-state index contributed by atoms with van der Waals surface area (Å²) in [5, 5.41) is 2.92. The molecular weight excluding hydrogens is 518 g/mol. The third-order valence-corrected chi connectivity index (χ3v) is 6.78. The Morgan fingerprint density at radius 3 is 2.27 bits per heavy atom. The van der Waals surface area contributed by atoms with Crippen LogP contribution >= 0.6 is 0 Å². The smallest absolute Gasteiger partial charge is 0.338 e. The van der Waals surface area contributed by atoms with E-state index in [-0.39, 0.29) is 18.4 Å². The number of rotatable bonds is 8. The van der Waals surface area contributed by atoms with E-state index >= 15 is 0 Å². The highest BCUT2D eigenvalue weighted by molar-refractivity contribution is 6.05. The molecule has 4 aromatic rings. The van der Waals surface area contributed by atoms with Crippen molar-refractivity contribution in [2.45, 2.75) is 6.92 Å². The molecule has 1 aliphatic heterocycles. The minimum absolute atomic E-state index is 0.00470. The van der Waals surface area contributed by atoms with Crippen LogP contribution in [0, 0.1) is 0 Å². The molecule has 1 aromatic heterocycles. The Kier molecular flexibility index (Phi) is 8.59. The zero-order valence-corrected chi connectivity index (χ0v) is 22.8. The van der Waals surface area contributed by atoms with Crippen LogP contribution in [0.4, 0.5) is 11.4 Å². The number of hydrogen-bond acceptors (Lipinski definition) is 6. The van der Waals surface area contributed by atoms with E-state index in [9.17, 15) is 14.4 Å². The van der Waals surface area contributed by atoms with Gasteiger partial charge in [-0.2, -0.15) is 0 Å². The van der Waals surface area contributed by atoms with Gasteiger partial charge in [0.25, 0.3) is 5.91 Å². The van der Waals surface area contributed by atoms with Crippen molar-refractivity contribution in [3.63, 3.8) is 0 Å². The van der Waals surface area contributed by atoms with Crippen LogP contribution in [0.25, 0.3) is 17.4 Å². The summed E-state index contributed by atoms with van der Waals surface area (Å²) in [5.41, 5.74) is 3.19. The first kappa shape index (κ1) is 27.5. The molecule has 3 aromatic carbocycles. The van der Waals surface area contributed by atoms with E-state index in [1.165, 1.54) is 6.08 Å². The van der Waals surface area contributed by atoms with Gasteiger partial charge >= 0.3 is 5.97 Å². The second kappa shape index (κ2) is 12.8. The molecule has 0 saturated carbocycles. The number of piperazine rings is 1. The molecule has 8 heteroatoms. The van der Waals surface area contributed by atoms with E-state index < -0.39 is 5.97 Å². The van der Waals surface area contributed by atoms with Crippen molar-refractivity contribution in [2.24, 2.45) is 0 Å². The van der Waals surface area contributed by atoms with Gasteiger partial charge in [0, 0.05) is 43.4 Å². The van der Waals surface area contributed by atoms with Crippen LogP contribution in [-0.2, 0) is 9.53 Å². The first-order valence-electron chi connectivity index (χ1n) is 13.6. The monoisotopic (exact) mass is 549 g/mol. The van der Waals surface area contributed by atoms with Gasteiger partial charge in [0.05, 0.1) is 23.5 Å². The number of ether oxygens (including phenoxy) is 1. The maximum Gasteiger partial charge on any atom is 0.338 e. The van der Waals surface area contributed by atoms with Crippen molar-refractivity contribution in [3.05, 3.63) is 114 Å². The van der Waals surface area contributed by atoms with Crippen LogP contribution in [0.5, 0.6) is 0 Å². The Morgan fingerprint density at radius 2 is 1.56 bits per heavy atom. The second-order valence-electron chi connectivity index (χ2n) is 9.49. The first-order valence-corrected chi connectivity index (χ1v) is 13.6. The lowest BCUT2D eigenvalue weighted by molar-refractivity contribution is -0.111. The molecule has 0 unspecified atom stereocenters. The molecule has 1 saturated heterocycles. The SMILES string of the molecule is CCOC(=O)c1ccc(N2CCN(C(=O)c3ccccc3)CC2)c(NC(=O)/C=C/c2ccc(-c3ccccc3)o2)c1. The highest BCUT2D eigenvalue weighted by Crippen LogP contribution is 2.29.